The zero-order chi connectivity index (χ0) is 40.2. The number of para-hydroxylation sites is 3. The number of hydrogen-bond acceptors (Lipinski definition) is 4. The third-order valence-electron chi connectivity index (χ3n) is 9.38. The predicted octanol–water partition coefficient (Wildman–Crippen LogP) is 12.1. The average Bonchev–Trinajstić information content (AvgIpc) is 3.72. The third kappa shape index (κ3) is 8.45. The van der Waals surface area contributed by atoms with E-state index in [1.807, 2.05) is 88.5 Å². The molecule has 0 spiro atoms. The number of aryl methyl sites for hydroxylation is 1. The molecule has 0 N–H and O–H groups in total. The van der Waals surface area contributed by atoms with Crippen LogP contribution in [0, 0.1) is 24.5 Å². The van der Waals surface area contributed by atoms with Crippen molar-refractivity contribution < 1.29 is 27.3 Å². The number of nitrogens with zero attached hydrogens (tertiary/aromatic N) is 4. The number of hydrogen-bond donors (Lipinski definition) is 0. The molecule has 0 fully saturated rings. The van der Waals surface area contributed by atoms with Crippen molar-refractivity contribution in [1.29, 1.82) is 0 Å². The molecule has 4 aromatic carbocycles. The van der Waals surface area contributed by atoms with Gasteiger partial charge in [-0.1, -0.05) is 114 Å². The first-order chi connectivity index (χ1) is 26.4. The Kier molecular flexibility index (Phi) is 10.5. The van der Waals surface area contributed by atoms with Gasteiger partial charge in [-0.25, -0.2) is 4.98 Å². The molecule has 0 amide bonds. The molecule has 4 heterocycles. The number of rotatable bonds is 5. The quantitative estimate of drug-likeness (QED) is 0.127. The van der Waals surface area contributed by atoms with E-state index in [1.165, 1.54) is 5.56 Å². The summed E-state index contributed by atoms with van der Waals surface area (Å²) in [7, 11) is -1.70. The number of furan rings is 1. The van der Waals surface area contributed by atoms with Crippen LogP contribution in [0.15, 0.2) is 114 Å². The summed E-state index contributed by atoms with van der Waals surface area (Å²) in [5.41, 5.74) is 9.48. The number of benzene rings is 4. The van der Waals surface area contributed by atoms with E-state index in [-0.39, 0.29) is 25.5 Å². The zero-order valence-electron chi connectivity index (χ0n) is 35.4. The van der Waals surface area contributed by atoms with Gasteiger partial charge in [0.25, 0.3) is 0 Å². The van der Waals surface area contributed by atoms with Gasteiger partial charge in [0.05, 0.1) is 30.5 Å². The molecule has 283 valence electrons. The predicted molar refractivity (Wildman–Crippen MR) is 228 cm³/mol. The molecule has 8 rings (SSSR count). The Hall–Kier alpha value is -4.68. The first-order valence-corrected chi connectivity index (χ1v) is 22.1. The molecule has 0 aliphatic carbocycles. The van der Waals surface area contributed by atoms with Gasteiger partial charge in [0, 0.05) is 45.8 Å². The summed E-state index contributed by atoms with van der Waals surface area (Å²) in [6.07, 6.45) is 0.469. The SMILES string of the molecule is Cc1ccc2c(n1)oc1c(-c3nc4ccccc4n3-c3ccccc3C(C)(C)C)[c-]ccc12.[2H]C([2H])(c1cc(-c2[c-]cccc2)ncc1[Si](C)(C)C)C(C)(C)C.[Ir]. The van der Waals surface area contributed by atoms with E-state index in [0.29, 0.717) is 5.71 Å². The number of pyridine rings is 2. The van der Waals surface area contributed by atoms with Gasteiger partial charge in [-0.05, 0) is 70.9 Å². The second-order valence-corrected chi connectivity index (χ2v) is 22.1. The van der Waals surface area contributed by atoms with Crippen molar-refractivity contribution in [3.63, 3.8) is 0 Å². The molecule has 4 aromatic heterocycles. The standard InChI is InChI=1S/C29H24N3O.C19H26NSi.Ir/c1-18-16-17-20-19-10-9-11-21(26(19)33-28(20)30-18)27-31-23-13-6-8-15-25(23)32(27)24-14-7-5-12-22(24)29(2,3)4;1-19(2,3)13-16-12-17(15-10-8-7-9-11-15)20-14-18(16)21(4,5)6;/h5-10,12-17H,1-4H3;7-10,12,14H,13H2,1-6H3;/q2*-1;/i;13D2;. The Morgan fingerprint density at radius 3 is 2.24 bits per heavy atom. The van der Waals surface area contributed by atoms with Gasteiger partial charge in [-0.2, -0.15) is 0 Å². The van der Waals surface area contributed by atoms with Crippen LogP contribution in [0.5, 0.6) is 0 Å². The summed E-state index contributed by atoms with van der Waals surface area (Å²) in [6.45, 7) is 21.3. The molecular formula is C48H50IrN4OSi-2. The molecule has 0 bridgehead atoms. The zero-order valence-corrected chi connectivity index (χ0v) is 36.8. The Bertz CT molecular complexity index is 2700. The maximum Gasteiger partial charge on any atom is 0.216 e. The summed E-state index contributed by atoms with van der Waals surface area (Å²) in [5.74, 6) is 0.814. The van der Waals surface area contributed by atoms with Crippen molar-refractivity contribution >= 4 is 46.4 Å². The normalized spacial score (nSPS) is 12.9. The largest absolute Gasteiger partial charge is 0.486 e. The topological polar surface area (TPSA) is 56.7 Å². The fourth-order valence-corrected chi connectivity index (χ4v) is 8.28. The Labute approximate surface area is 343 Å². The molecule has 0 unspecified atom stereocenters. The van der Waals surface area contributed by atoms with Crippen LogP contribution in [-0.2, 0) is 31.9 Å². The first kappa shape index (κ1) is 37.3. The van der Waals surface area contributed by atoms with E-state index in [9.17, 15) is 0 Å². The van der Waals surface area contributed by atoms with E-state index in [1.54, 1.807) is 0 Å². The monoisotopic (exact) mass is 921 g/mol. The van der Waals surface area contributed by atoms with Gasteiger partial charge in [0.1, 0.15) is 0 Å². The van der Waals surface area contributed by atoms with Gasteiger partial charge >= 0.3 is 0 Å². The third-order valence-corrected chi connectivity index (χ3v) is 11.4. The van der Waals surface area contributed by atoms with E-state index in [4.69, 9.17) is 12.1 Å². The smallest absolute Gasteiger partial charge is 0.216 e. The fraction of sp³-hybridized carbons (Fsp3) is 0.271. The number of fused-ring (bicyclic) bond motifs is 4. The van der Waals surface area contributed by atoms with E-state index >= 15 is 0 Å². The summed E-state index contributed by atoms with van der Waals surface area (Å²) >= 11 is 0. The van der Waals surface area contributed by atoms with Crippen LogP contribution in [0.4, 0.5) is 0 Å². The Morgan fingerprint density at radius 2 is 1.53 bits per heavy atom. The van der Waals surface area contributed by atoms with Crippen LogP contribution in [-0.4, -0.2) is 27.6 Å². The van der Waals surface area contributed by atoms with Gasteiger partial charge in [0.2, 0.25) is 5.71 Å². The molecule has 0 aliphatic rings. The van der Waals surface area contributed by atoms with Crippen molar-refractivity contribution in [3.8, 4) is 28.3 Å². The van der Waals surface area contributed by atoms with E-state index < -0.39 is 19.9 Å². The van der Waals surface area contributed by atoms with Crippen LogP contribution in [0.3, 0.4) is 0 Å². The van der Waals surface area contributed by atoms with Crippen LogP contribution >= 0.6 is 0 Å². The number of imidazole rings is 1. The molecule has 1 radical (unpaired) electrons. The van der Waals surface area contributed by atoms with Crippen molar-refractivity contribution in [3.05, 3.63) is 138 Å². The second kappa shape index (κ2) is 15.5. The van der Waals surface area contributed by atoms with Crippen LogP contribution in [0.1, 0.15) is 61.1 Å². The minimum Gasteiger partial charge on any atom is -0.486 e. The van der Waals surface area contributed by atoms with Crippen molar-refractivity contribution in [2.75, 3.05) is 0 Å². The van der Waals surface area contributed by atoms with Gasteiger partial charge in [-0.3, -0.25) is 4.98 Å². The molecule has 0 saturated heterocycles. The van der Waals surface area contributed by atoms with Crippen LogP contribution in [0.2, 0.25) is 19.6 Å². The molecule has 5 nitrogen and oxygen atoms in total. The summed E-state index contributed by atoms with van der Waals surface area (Å²) in [6, 6.07) is 41.2. The maximum atomic E-state index is 8.75. The number of aromatic nitrogens is 4. The van der Waals surface area contributed by atoms with Crippen LogP contribution < -0.4 is 5.19 Å². The van der Waals surface area contributed by atoms with Gasteiger partial charge in [0.15, 0.2) is 0 Å². The molecule has 7 heteroatoms. The average molecular weight is 921 g/mol. The summed E-state index contributed by atoms with van der Waals surface area (Å²) in [5, 5.41) is 3.12. The van der Waals surface area contributed by atoms with Crippen molar-refractivity contribution in [2.24, 2.45) is 5.41 Å². The van der Waals surface area contributed by atoms with Crippen molar-refractivity contribution in [2.45, 2.75) is 79.9 Å². The maximum absolute atomic E-state index is 8.75. The van der Waals surface area contributed by atoms with Crippen molar-refractivity contribution in [1.82, 2.24) is 19.5 Å². The summed E-state index contributed by atoms with van der Waals surface area (Å²) in [4.78, 5) is 14.3. The minimum atomic E-state index is -1.70. The minimum absolute atomic E-state index is 0. The molecule has 8 aromatic rings. The first-order valence-electron chi connectivity index (χ1n) is 19.6. The Balaban J connectivity index is 0.000000203. The van der Waals surface area contributed by atoms with E-state index in [2.05, 4.69) is 116 Å². The van der Waals surface area contributed by atoms with Gasteiger partial charge < -0.3 is 14.0 Å². The second-order valence-electron chi connectivity index (χ2n) is 17.0. The molecule has 0 aliphatic heterocycles. The molecular weight excluding hydrogens is 869 g/mol. The summed E-state index contributed by atoms with van der Waals surface area (Å²) < 4.78 is 26.0. The van der Waals surface area contributed by atoms with Crippen LogP contribution in [0.25, 0.3) is 61.4 Å². The van der Waals surface area contributed by atoms with E-state index in [0.717, 1.165) is 72.2 Å². The molecule has 0 saturated carbocycles. The molecule has 0 atom stereocenters. The Morgan fingerprint density at radius 1 is 0.800 bits per heavy atom. The van der Waals surface area contributed by atoms with Gasteiger partial charge in [-0.15, -0.1) is 54.1 Å². The fourth-order valence-electron chi connectivity index (χ4n) is 6.88. The molecule has 55 heavy (non-hydrogen) atoms.